The Bertz CT molecular complexity index is 1020. The summed E-state index contributed by atoms with van der Waals surface area (Å²) in [5.41, 5.74) is 2.67. The molecule has 1 aliphatic rings. The van der Waals surface area contributed by atoms with Gasteiger partial charge in [-0.3, -0.25) is 10.1 Å². The molecule has 4 rings (SSSR count). The molecule has 0 radical (unpaired) electrons. The van der Waals surface area contributed by atoms with E-state index in [9.17, 15) is 10.1 Å². The second-order valence-corrected chi connectivity index (χ2v) is 7.50. The van der Waals surface area contributed by atoms with E-state index < -0.39 is 4.92 Å². The Morgan fingerprint density at radius 3 is 2.83 bits per heavy atom. The van der Waals surface area contributed by atoms with E-state index in [1.54, 1.807) is 6.07 Å². The molecule has 0 amide bonds. The topological polar surface area (TPSA) is 92.3 Å². The van der Waals surface area contributed by atoms with Crippen molar-refractivity contribution in [3.05, 3.63) is 75.1 Å². The lowest BCUT2D eigenvalue weighted by Crippen LogP contribution is -2.13. The predicted molar refractivity (Wildman–Crippen MR) is 108 cm³/mol. The number of ether oxygens (including phenoxy) is 2. The Balaban J connectivity index is 1.56. The molecular weight excluding hydrogens is 392 g/mol. The van der Waals surface area contributed by atoms with Crippen molar-refractivity contribution in [2.24, 2.45) is 0 Å². The van der Waals surface area contributed by atoms with E-state index in [1.807, 2.05) is 18.2 Å². The highest BCUT2D eigenvalue weighted by Crippen LogP contribution is 2.36. The van der Waals surface area contributed by atoms with E-state index in [4.69, 9.17) is 9.47 Å². The van der Waals surface area contributed by atoms with Crippen molar-refractivity contribution in [2.75, 3.05) is 6.79 Å². The molecule has 0 fully saturated rings. The second-order valence-electron chi connectivity index (χ2n) is 6.56. The Morgan fingerprint density at radius 2 is 2.07 bits per heavy atom. The zero-order valence-electron chi connectivity index (χ0n) is 15.9. The minimum absolute atomic E-state index is 0.0372. The van der Waals surface area contributed by atoms with Gasteiger partial charge in [0.25, 0.3) is 5.69 Å². The molecule has 150 valence electrons. The maximum absolute atomic E-state index is 11.3. The molecule has 2 aromatic carbocycles. The molecule has 3 aromatic rings. The first-order valence-corrected chi connectivity index (χ1v) is 10.2. The van der Waals surface area contributed by atoms with E-state index in [-0.39, 0.29) is 12.5 Å². The number of fused-ring (bicyclic) bond motifs is 1. The fourth-order valence-electron chi connectivity index (χ4n) is 3.29. The highest BCUT2D eigenvalue weighted by molar-refractivity contribution is 7.98. The fourth-order valence-corrected chi connectivity index (χ4v) is 4.28. The van der Waals surface area contributed by atoms with Gasteiger partial charge in [-0.2, -0.15) is 0 Å². The van der Waals surface area contributed by atoms with Gasteiger partial charge in [-0.05, 0) is 12.5 Å². The third-order valence-electron chi connectivity index (χ3n) is 4.65. The van der Waals surface area contributed by atoms with Gasteiger partial charge in [-0.25, -0.2) is 0 Å². The van der Waals surface area contributed by atoms with Crippen LogP contribution in [0.1, 0.15) is 29.4 Å². The third-order valence-corrected chi connectivity index (χ3v) is 5.67. The van der Waals surface area contributed by atoms with Crippen LogP contribution >= 0.6 is 11.8 Å². The molecule has 0 saturated carbocycles. The quantitative estimate of drug-likeness (QED) is 0.329. The van der Waals surface area contributed by atoms with E-state index in [1.165, 1.54) is 23.4 Å². The summed E-state index contributed by atoms with van der Waals surface area (Å²) in [6.45, 7) is 3.25. The van der Waals surface area contributed by atoms with Crippen molar-refractivity contribution >= 4 is 17.4 Å². The van der Waals surface area contributed by atoms with Gasteiger partial charge < -0.3 is 14.0 Å². The van der Waals surface area contributed by atoms with Gasteiger partial charge >= 0.3 is 0 Å². The SMILES string of the molecule is CCn1c(Cc2ccccc2)nnc1SCc1cc([N+](=O)[O-])cc2c1OCOC2. The summed E-state index contributed by atoms with van der Waals surface area (Å²) in [6.07, 6.45) is 0.703. The first kappa shape index (κ1) is 19.4. The lowest BCUT2D eigenvalue weighted by Gasteiger charge is -2.20. The van der Waals surface area contributed by atoms with E-state index in [0.29, 0.717) is 30.1 Å². The van der Waals surface area contributed by atoms with Crippen LogP contribution in [0.5, 0.6) is 5.75 Å². The maximum Gasteiger partial charge on any atom is 0.270 e. The number of hydrogen-bond donors (Lipinski definition) is 0. The minimum Gasteiger partial charge on any atom is -0.467 e. The van der Waals surface area contributed by atoms with Gasteiger partial charge in [-0.1, -0.05) is 42.1 Å². The molecular formula is C20H20N4O4S. The first-order chi connectivity index (χ1) is 14.2. The highest BCUT2D eigenvalue weighted by atomic mass is 32.2. The van der Waals surface area contributed by atoms with Crippen LogP contribution in [0.15, 0.2) is 47.6 Å². The zero-order valence-corrected chi connectivity index (χ0v) is 16.7. The highest BCUT2D eigenvalue weighted by Gasteiger charge is 2.22. The standard InChI is InChI=1S/C20H20N4O4S/c1-2-23-18(8-14-6-4-3-5-7-14)21-22-20(23)29-12-16-10-17(24(25)26)9-15-11-27-13-28-19(15)16/h3-7,9-10H,2,8,11-13H2,1H3. The molecule has 2 heterocycles. The molecule has 0 bridgehead atoms. The third kappa shape index (κ3) is 4.25. The van der Waals surface area contributed by atoms with Crippen LogP contribution in [-0.4, -0.2) is 26.5 Å². The van der Waals surface area contributed by atoms with Crippen LogP contribution in [0.25, 0.3) is 0 Å². The molecule has 9 heteroatoms. The average molecular weight is 412 g/mol. The van der Waals surface area contributed by atoms with E-state index in [2.05, 4.69) is 33.8 Å². The molecule has 8 nitrogen and oxygen atoms in total. The van der Waals surface area contributed by atoms with Crippen LogP contribution in [0.2, 0.25) is 0 Å². The summed E-state index contributed by atoms with van der Waals surface area (Å²) in [5, 5.41) is 20.8. The zero-order chi connectivity index (χ0) is 20.2. The summed E-state index contributed by atoms with van der Waals surface area (Å²) in [6, 6.07) is 13.2. The molecule has 0 N–H and O–H groups in total. The molecule has 1 aliphatic heterocycles. The normalized spacial score (nSPS) is 13.0. The van der Waals surface area contributed by atoms with Crippen molar-refractivity contribution in [2.45, 2.75) is 37.4 Å². The number of nitro groups is 1. The number of non-ortho nitro benzene ring substituents is 1. The van der Waals surface area contributed by atoms with Gasteiger partial charge in [0.1, 0.15) is 11.6 Å². The minimum atomic E-state index is -0.393. The molecule has 0 atom stereocenters. The summed E-state index contributed by atoms with van der Waals surface area (Å²) in [5.74, 6) is 2.06. The summed E-state index contributed by atoms with van der Waals surface area (Å²) < 4.78 is 13.0. The number of thioether (sulfide) groups is 1. The number of nitro benzene ring substituents is 1. The van der Waals surface area contributed by atoms with Crippen molar-refractivity contribution in [1.29, 1.82) is 0 Å². The van der Waals surface area contributed by atoms with Crippen LogP contribution in [0.3, 0.4) is 0 Å². The summed E-state index contributed by atoms with van der Waals surface area (Å²) >= 11 is 1.50. The van der Waals surface area contributed by atoms with Crippen molar-refractivity contribution < 1.29 is 14.4 Å². The average Bonchev–Trinajstić information content (AvgIpc) is 3.13. The van der Waals surface area contributed by atoms with Crippen molar-refractivity contribution in [1.82, 2.24) is 14.8 Å². The van der Waals surface area contributed by atoms with Crippen molar-refractivity contribution in [3.63, 3.8) is 0 Å². The first-order valence-electron chi connectivity index (χ1n) is 9.25. The Labute approximate surface area is 172 Å². The van der Waals surface area contributed by atoms with Crippen LogP contribution in [-0.2, 0) is 30.1 Å². The number of nitrogens with zero attached hydrogens (tertiary/aromatic N) is 4. The monoisotopic (exact) mass is 412 g/mol. The van der Waals surface area contributed by atoms with Gasteiger partial charge in [0.2, 0.25) is 0 Å². The smallest absolute Gasteiger partial charge is 0.270 e. The fraction of sp³-hybridized carbons (Fsp3) is 0.300. The summed E-state index contributed by atoms with van der Waals surface area (Å²) in [4.78, 5) is 10.9. The Hall–Kier alpha value is -2.91. The lowest BCUT2D eigenvalue weighted by atomic mass is 10.1. The van der Waals surface area contributed by atoms with Gasteiger partial charge in [-0.15, -0.1) is 10.2 Å². The number of benzene rings is 2. The van der Waals surface area contributed by atoms with Gasteiger partial charge in [0.05, 0.1) is 11.5 Å². The molecule has 0 saturated heterocycles. The largest absolute Gasteiger partial charge is 0.467 e. The molecule has 0 unspecified atom stereocenters. The number of aromatic nitrogens is 3. The number of hydrogen-bond acceptors (Lipinski definition) is 7. The van der Waals surface area contributed by atoms with Crippen LogP contribution in [0.4, 0.5) is 5.69 Å². The van der Waals surface area contributed by atoms with Crippen LogP contribution in [0, 0.1) is 10.1 Å². The summed E-state index contributed by atoms with van der Waals surface area (Å²) in [7, 11) is 0. The van der Waals surface area contributed by atoms with Crippen molar-refractivity contribution in [3.8, 4) is 5.75 Å². The van der Waals surface area contributed by atoms with E-state index >= 15 is 0 Å². The molecule has 0 spiro atoms. The Morgan fingerprint density at radius 1 is 1.24 bits per heavy atom. The Kier molecular flexibility index (Phi) is 5.77. The molecule has 29 heavy (non-hydrogen) atoms. The molecule has 1 aromatic heterocycles. The maximum atomic E-state index is 11.3. The molecule has 0 aliphatic carbocycles. The lowest BCUT2D eigenvalue weighted by molar-refractivity contribution is -0.385. The van der Waals surface area contributed by atoms with Gasteiger partial charge in [0.15, 0.2) is 11.9 Å². The van der Waals surface area contributed by atoms with Crippen LogP contribution < -0.4 is 4.74 Å². The second kappa shape index (κ2) is 8.62. The van der Waals surface area contributed by atoms with E-state index in [0.717, 1.165) is 23.1 Å². The van der Waals surface area contributed by atoms with Gasteiger partial charge in [0, 0.05) is 42.0 Å². The predicted octanol–water partition coefficient (Wildman–Crippen LogP) is 3.96. The number of rotatable bonds is 7.